The quantitative estimate of drug-likeness (QED) is 0.358. The van der Waals surface area contributed by atoms with E-state index in [0.717, 1.165) is 6.26 Å². The van der Waals surface area contributed by atoms with Crippen molar-refractivity contribution >= 4 is 77.6 Å². The summed E-state index contributed by atoms with van der Waals surface area (Å²) in [5, 5.41) is 4.02. The number of rotatable bonds is 5. The summed E-state index contributed by atoms with van der Waals surface area (Å²) in [6, 6.07) is 6.75. The van der Waals surface area contributed by atoms with Crippen molar-refractivity contribution in [3.63, 3.8) is 0 Å². The summed E-state index contributed by atoms with van der Waals surface area (Å²) in [6.45, 7) is 1.78. The van der Waals surface area contributed by atoms with Crippen molar-refractivity contribution in [1.29, 1.82) is 0 Å². The second-order valence-corrected chi connectivity index (χ2v) is 14.4. The number of hydrogen-bond acceptors (Lipinski definition) is 8. The smallest absolute Gasteiger partial charge is 0.339 e. The predicted molar refractivity (Wildman–Crippen MR) is 122 cm³/mol. The molecule has 1 aromatic carbocycles. The number of halogens is 3. The van der Waals surface area contributed by atoms with Gasteiger partial charge >= 0.3 is 11.2 Å². The number of ether oxygens (including phenoxy) is 1. The molecule has 0 bridgehead atoms. The fourth-order valence-corrected chi connectivity index (χ4v) is 3.13. The van der Waals surface area contributed by atoms with Crippen LogP contribution in [-0.2, 0) is 19.3 Å². The highest BCUT2D eigenvalue weighted by Gasteiger charge is 2.18. The normalized spacial score (nSPS) is 11.4. The van der Waals surface area contributed by atoms with Crippen molar-refractivity contribution in [3.05, 3.63) is 47.9 Å². The molecule has 0 spiro atoms. The first-order valence-electron chi connectivity index (χ1n) is 8.23. The van der Waals surface area contributed by atoms with Gasteiger partial charge in [-0.3, -0.25) is 9.29 Å². The van der Waals surface area contributed by atoms with Crippen LogP contribution in [0.4, 0.5) is 17.2 Å². The Morgan fingerprint density at radius 1 is 1.23 bits per heavy atom. The topological polar surface area (TPSA) is 132 Å². The molecule has 10 nitrogen and oxygen atoms in total. The van der Waals surface area contributed by atoms with Gasteiger partial charge in [0.2, 0.25) is 10.0 Å². The molecule has 3 aromatic rings. The van der Waals surface area contributed by atoms with Crippen molar-refractivity contribution in [1.82, 2.24) is 14.6 Å². The van der Waals surface area contributed by atoms with E-state index in [4.69, 9.17) is 4.74 Å². The molecule has 0 unspecified atom stereocenters. The zero-order valence-electron chi connectivity index (χ0n) is 16.3. The number of esters is 1. The molecule has 0 saturated carbocycles. The summed E-state index contributed by atoms with van der Waals surface area (Å²) in [5.41, 5.74) is 2.73. The van der Waals surface area contributed by atoms with Crippen LogP contribution in [0.15, 0.2) is 36.8 Å². The first kappa shape index (κ1) is 25.2. The van der Waals surface area contributed by atoms with E-state index in [0.29, 0.717) is 33.8 Å². The molecule has 0 radical (unpaired) electrons. The van der Waals surface area contributed by atoms with Gasteiger partial charge in [0, 0.05) is 11.9 Å². The Kier molecular flexibility index (Phi) is 8.18. The maximum atomic E-state index is 11.9. The number of nitrogens with zero attached hydrogens (tertiary/aromatic N) is 3. The molecular formula is C16H17Cl3N5O5PS. The summed E-state index contributed by atoms with van der Waals surface area (Å²) in [6.07, 6.45) is 4.01. The average Bonchev–Trinajstić information content (AvgIpc) is 2.96. The fraction of sp³-hybridized carbons (Fsp3) is 0.188. The second kappa shape index (κ2) is 10.1. The van der Waals surface area contributed by atoms with E-state index in [9.17, 15) is 17.8 Å². The lowest BCUT2D eigenvalue weighted by Gasteiger charge is -2.10. The molecule has 2 N–H and O–H groups in total. The van der Waals surface area contributed by atoms with E-state index >= 15 is 0 Å². The van der Waals surface area contributed by atoms with Crippen LogP contribution in [0.25, 0.3) is 5.52 Å². The van der Waals surface area contributed by atoms with Gasteiger partial charge in [0.1, 0.15) is 11.8 Å². The third-order valence-electron chi connectivity index (χ3n) is 3.66. The summed E-state index contributed by atoms with van der Waals surface area (Å²) >= 11 is 13.8. The van der Waals surface area contributed by atoms with Crippen molar-refractivity contribution in [2.45, 2.75) is 6.92 Å². The molecule has 31 heavy (non-hydrogen) atoms. The molecule has 3 rings (SSSR count). The highest BCUT2D eigenvalue weighted by atomic mass is 36.0. The molecule has 2 heterocycles. The molecule has 0 aliphatic rings. The number of aromatic nitrogens is 3. The highest BCUT2D eigenvalue weighted by Crippen LogP contribution is 2.61. The van der Waals surface area contributed by atoms with Crippen LogP contribution in [0, 0.1) is 6.92 Å². The number of fused-ring (bicyclic) bond motifs is 1. The van der Waals surface area contributed by atoms with E-state index in [1.165, 1.54) is 18.0 Å². The van der Waals surface area contributed by atoms with E-state index < -0.39 is 21.2 Å². The monoisotopic (exact) mass is 527 g/mol. The molecule has 168 valence electrons. The maximum absolute atomic E-state index is 11.9. The van der Waals surface area contributed by atoms with Crippen molar-refractivity contribution < 1.29 is 22.5 Å². The Labute approximate surface area is 192 Å². The van der Waals surface area contributed by atoms with Gasteiger partial charge in [-0.15, -0.1) is 0 Å². The number of hydrogen-bond donors (Lipinski definition) is 2. The standard InChI is InChI=1S/C16H17N5O4S.Cl3OP/c1-10-13(16(22)25-2)8-21-14(10)15(17-9-18-21)19-11-5-4-6-12(7-11)20-26(3,23)24;1-5(2,3)4/h4-9,20H,1-3H3,(H,17,18,19);. The minimum Gasteiger partial charge on any atom is -0.465 e. The Hall–Kier alpha value is -2.04. The number of benzene rings is 1. The van der Waals surface area contributed by atoms with Gasteiger partial charge in [-0.2, -0.15) is 5.10 Å². The predicted octanol–water partition coefficient (Wildman–Crippen LogP) is 4.75. The minimum absolute atomic E-state index is 0.392. The Morgan fingerprint density at radius 2 is 1.84 bits per heavy atom. The van der Waals surface area contributed by atoms with Crippen LogP contribution in [0.1, 0.15) is 15.9 Å². The first-order valence-corrected chi connectivity index (χ1v) is 14.5. The minimum atomic E-state index is -3.38. The number of carbonyl (C=O) groups excluding carboxylic acids is 1. The van der Waals surface area contributed by atoms with Crippen LogP contribution in [0.3, 0.4) is 0 Å². The Bertz CT molecular complexity index is 1250. The van der Waals surface area contributed by atoms with Crippen molar-refractivity contribution in [2.24, 2.45) is 0 Å². The Morgan fingerprint density at radius 3 is 2.42 bits per heavy atom. The van der Waals surface area contributed by atoms with E-state index in [1.54, 1.807) is 37.4 Å². The van der Waals surface area contributed by atoms with Gasteiger partial charge in [-0.25, -0.2) is 22.7 Å². The molecule has 0 aliphatic heterocycles. The summed E-state index contributed by atoms with van der Waals surface area (Å²) < 4.78 is 41.0. The zero-order chi connectivity index (χ0) is 23.4. The number of nitrogens with one attached hydrogen (secondary N) is 2. The lowest BCUT2D eigenvalue weighted by atomic mass is 10.2. The molecule has 0 fully saturated rings. The van der Waals surface area contributed by atoms with Crippen LogP contribution >= 0.6 is 38.9 Å². The van der Waals surface area contributed by atoms with Crippen LogP contribution in [0.5, 0.6) is 0 Å². The fourth-order valence-electron chi connectivity index (χ4n) is 2.58. The molecule has 0 aliphatic carbocycles. The molecular weight excluding hydrogens is 512 g/mol. The van der Waals surface area contributed by atoms with Gasteiger partial charge < -0.3 is 10.1 Å². The summed E-state index contributed by atoms with van der Waals surface area (Å²) in [4.78, 5) is 16.1. The zero-order valence-corrected chi connectivity index (χ0v) is 20.3. The molecule has 15 heteroatoms. The Balaban J connectivity index is 0.000000614. The van der Waals surface area contributed by atoms with Crippen LogP contribution < -0.4 is 10.0 Å². The summed E-state index contributed by atoms with van der Waals surface area (Å²) in [5.74, 6) is 0.0162. The van der Waals surface area contributed by atoms with E-state index in [2.05, 4.69) is 53.8 Å². The molecule has 0 saturated heterocycles. The molecule has 0 amide bonds. The van der Waals surface area contributed by atoms with Gasteiger partial charge in [0.15, 0.2) is 5.82 Å². The number of sulfonamides is 1. The van der Waals surface area contributed by atoms with E-state index in [-0.39, 0.29) is 0 Å². The largest absolute Gasteiger partial charge is 0.465 e. The van der Waals surface area contributed by atoms with Gasteiger partial charge in [-0.1, -0.05) is 6.07 Å². The SMILES string of the molecule is COC(=O)c1cn2ncnc(Nc3cccc(NS(C)(=O)=O)c3)c2c1C.O=P(Cl)(Cl)Cl. The van der Waals surface area contributed by atoms with Crippen LogP contribution in [-0.4, -0.2) is 42.4 Å². The van der Waals surface area contributed by atoms with Gasteiger partial charge in [0.05, 0.1) is 24.6 Å². The number of carbonyl (C=O) groups is 1. The van der Waals surface area contributed by atoms with Crippen LogP contribution in [0.2, 0.25) is 0 Å². The highest BCUT2D eigenvalue weighted by molar-refractivity contribution is 8.24. The first-order chi connectivity index (χ1) is 14.3. The number of aryl methyl sites for hydroxylation is 1. The maximum Gasteiger partial charge on any atom is 0.339 e. The third-order valence-corrected chi connectivity index (χ3v) is 4.27. The van der Waals surface area contributed by atoms with Gasteiger partial charge in [0.25, 0.3) is 0 Å². The number of anilines is 3. The summed E-state index contributed by atoms with van der Waals surface area (Å²) in [7, 11) is -2.06. The van der Waals surface area contributed by atoms with Crippen molar-refractivity contribution in [3.8, 4) is 0 Å². The molecule has 0 atom stereocenters. The third kappa shape index (κ3) is 7.86. The lowest BCUT2D eigenvalue weighted by molar-refractivity contribution is 0.0600. The lowest BCUT2D eigenvalue weighted by Crippen LogP contribution is -2.09. The van der Waals surface area contributed by atoms with E-state index in [1.807, 2.05) is 0 Å². The molecule has 2 aromatic heterocycles. The van der Waals surface area contributed by atoms with Crippen molar-refractivity contribution in [2.75, 3.05) is 23.4 Å². The average molecular weight is 529 g/mol. The second-order valence-electron chi connectivity index (χ2n) is 6.04. The van der Waals surface area contributed by atoms with Gasteiger partial charge in [-0.05, 0) is 64.4 Å². The number of methoxy groups -OCH3 is 1.